The van der Waals surface area contributed by atoms with E-state index in [9.17, 15) is 38.6 Å². The van der Waals surface area contributed by atoms with Crippen LogP contribution in [0.5, 0.6) is 0 Å². The van der Waals surface area contributed by atoms with Gasteiger partial charge in [0.25, 0.3) is 5.91 Å². The molecular formula is C25H33FN6O8. The summed E-state index contributed by atoms with van der Waals surface area (Å²) in [7, 11) is 1.21. The van der Waals surface area contributed by atoms with Crippen molar-refractivity contribution in [2.75, 3.05) is 20.3 Å². The zero-order valence-corrected chi connectivity index (χ0v) is 22.0. The molecule has 0 aliphatic heterocycles. The number of benzene rings is 1. The smallest absolute Gasteiger partial charge is 0.326 e. The van der Waals surface area contributed by atoms with Crippen LogP contribution in [0.25, 0.3) is 5.69 Å². The molecule has 0 radical (unpaired) electrons. The van der Waals surface area contributed by atoms with E-state index >= 15 is 0 Å². The van der Waals surface area contributed by atoms with Gasteiger partial charge in [-0.15, -0.1) is 5.10 Å². The molecule has 1 aromatic heterocycles. The van der Waals surface area contributed by atoms with Gasteiger partial charge in [0.15, 0.2) is 0 Å². The van der Waals surface area contributed by atoms with E-state index in [0.717, 1.165) is 4.90 Å². The summed E-state index contributed by atoms with van der Waals surface area (Å²) in [5.74, 6) is -4.28. The number of carbonyl (C=O) groups excluding carboxylic acids is 2. The van der Waals surface area contributed by atoms with E-state index in [1.54, 1.807) is 30.5 Å². The van der Waals surface area contributed by atoms with E-state index < -0.39 is 49.1 Å². The molecule has 0 spiro atoms. The summed E-state index contributed by atoms with van der Waals surface area (Å²) >= 11 is 0. The van der Waals surface area contributed by atoms with Crippen LogP contribution in [0.2, 0.25) is 0 Å². The normalized spacial score (nSPS) is 12.2. The van der Waals surface area contributed by atoms with Crippen LogP contribution in [0, 0.1) is 0 Å². The quantitative estimate of drug-likeness (QED) is 0.175. The molecule has 0 aliphatic rings. The fourth-order valence-electron chi connectivity index (χ4n) is 3.72. The van der Waals surface area contributed by atoms with Gasteiger partial charge in [-0.25, -0.2) is 19.1 Å². The number of rotatable bonds is 17. The average Bonchev–Trinajstić information content (AvgIpc) is 3.39. The summed E-state index contributed by atoms with van der Waals surface area (Å²) in [6, 6.07) is 2.92. The maximum Gasteiger partial charge on any atom is 0.326 e. The van der Waals surface area contributed by atoms with E-state index in [1.807, 2.05) is 0 Å². The molecular weight excluding hydrogens is 531 g/mol. The second-order valence-electron chi connectivity index (χ2n) is 8.98. The summed E-state index contributed by atoms with van der Waals surface area (Å²) in [4.78, 5) is 59.4. The Kier molecular flexibility index (Phi) is 12.5. The second-order valence-corrected chi connectivity index (χ2v) is 8.98. The molecule has 0 aliphatic carbocycles. The topological polar surface area (TPSA) is 204 Å². The largest absolute Gasteiger partial charge is 0.481 e. The molecule has 218 valence electrons. The number of hydrogen-bond donors (Lipinski definition) is 5. The van der Waals surface area contributed by atoms with Crippen molar-refractivity contribution in [2.45, 2.75) is 57.0 Å². The van der Waals surface area contributed by atoms with Crippen LogP contribution < -0.4 is 10.6 Å². The van der Waals surface area contributed by atoms with Crippen molar-refractivity contribution in [1.29, 1.82) is 0 Å². The van der Waals surface area contributed by atoms with Gasteiger partial charge in [-0.2, -0.15) is 0 Å². The Morgan fingerprint density at radius 2 is 1.70 bits per heavy atom. The molecule has 2 aromatic rings. The minimum absolute atomic E-state index is 0.0436. The van der Waals surface area contributed by atoms with Crippen molar-refractivity contribution in [2.24, 2.45) is 0 Å². The first-order chi connectivity index (χ1) is 19.0. The number of carbonyl (C=O) groups is 5. The lowest BCUT2D eigenvalue weighted by molar-refractivity contribution is -0.142. The van der Waals surface area contributed by atoms with Crippen molar-refractivity contribution >= 4 is 29.8 Å². The van der Waals surface area contributed by atoms with Crippen LogP contribution in [0.15, 0.2) is 30.5 Å². The molecule has 2 rings (SSSR count). The number of nitrogens with one attached hydrogen (secondary N) is 2. The average molecular weight is 565 g/mol. The molecule has 5 N–H and O–H groups in total. The van der Waals surface area contributed by atoms with E-state index in [0.29, 0.717) is 42.6 Å². The molecule has 0 fully saturated rings. The summed E-state index contributed by atoms with van der Waals surface area (Å²) < 4.78 is 13.9. The number of carboxylic acids is 3. The fraction of sp³-hybridized carbons (Fsp3) is 0.480. The van der Waals surface area contributed by atoms with Crippen molar-refractivity contribution < 1.29 is 43.7 Å². The third-order valence-corrected chi connectivity index (χ3v) is 6.01. The van der Waals surface area contributed by atoms with Crippen LogP contribution in [0.4, 0.5) is 9.18 Å². The van der Waals surface area contributed by atoms with Gasteiger partial charge in [0.1, 0.15) is 12.1 Å². The molecule has 3 amide bonds. The first kappa shape index (κ1) is 31.7. The van der Waals surface area contributed by atoms with Crippen LogP contribution in [0.1, 0.15) is 54.6 Å². The summed E-state index contributed by atoms with van der Waals surface area (Å²) in [6.45, 7) is -0.183. The number of aromatic nitrogens is 3. The molecule has 1 heterocycles. The van der Waals surface area contributed by atoms with Gasteiger partial charge in [0.05, 0.1) is 24.3 Å². The van der Waals surface area contributed by atoms with E-state index in [4.69, 9.17) is 5.11 Å². The highest BCUT2D eigenvalue weighted by molar-refractivity contribution is 5.94. The lowest BCUT2D eigenvalue weighted by Crippen LogP contribution is -2.52. The number of hydrogen-bond acceptors (Lipinski definition) is 7. The first-order valence-corrected chi connectivity index (χ1v) is 12.6. The van der Waals surface area contributed by atoms with Crippen LogP contribution in [0.3, 0.4) is 0 Å². The Morgan fingerprint density at radius 3 is 2.30 bits per heavy atom. The monoisotopic (exact) mass is 564 g/mol. The number of aliphatic carboxylic acids is 3. The van der Waals surface area contributed by atoms with Gasteiger partial charge >= 0.3 is 23.9 Å². The second kappa shape index (κ2) is 15.8. The van der Waals surface area contributed by atoms with E-state index in [2.05, 4.69) is 20.9 Å². The number of nitrogens with zero attached hydrogens (tertiary/aromatic N) is 4. The number of likely N-dealkylation sites (N-methyl/N-ethyl adjacent to an activating group) is 1. The van der Waals surface area contributed by atoms with Gasteiger partial charge in [-0.3, -0.25) is 14.0 Å². The van der Waals surface area contributed by atoms with Crippen molar-refractivity contribution in [3.63, 3.8) is 0 Å². The van der Waals surface area contributed by atoms with Gasteiger partial charge < -0.3 is 30.9 Å². The van der Waals surface area contributed by atoms with Gasteiger partial charge in [0.2, 0.25) is 0 Å². The molecule has 14 nitrogen and oxygen atoms in total. The van der Waals surface area contributed by atoms with Crippen molar-refractivity contribution in [3.05, 3.63) is 41.7 Å². The fourth-order valence-corrected chi connectivity index (χ4v) is 3.72. The zero-order chi connectivity index (χ0) is 29.7. The highest BCUT2D eigenvalue weighted by atomic mass is 19.1. The first-order valence-electron chi connectivity index (χ1n) is 12.6. The van der Waals surface area contributed by atoms with Gasteiger partial charge in [-0.05, 0) is 62.8 Å². The molecule has 15 heteroatoms. The molecule has 0 saturated heterocycles. The number of aryl methyl sites for hydroxylation is 1. The summed E-state index contributed by atoms with van der Waals surface area (Å²) in [6.07, 6.45) is 2.50. The number of halogens is 1. The van der Waals surface area contributed by atoms with Crippen LogP contribution in [-0.2, 0) is 20.8 Å². The maximum absolute atomic E-state index is 12.4. The molecule has 0 bridgehead atoms. The molecule has 2 atom stereocenters. The Balaban J connectivity index is 1.80. The minimum Gasteiger partial charge on any atom is -0.481 e. The number of amides is 3. The predicted molar refractivity (Wildman–Crippen MR) is 138 cm³/mol. The highest BCUT2D eigenvalue weighted by Crippen LogP contribution is 2.12. The third-order valence-electron chi connectivity index (χ3n) is 6.01. The van der Waals surface area contributed by atoms with E-state index in [-0.39, 0.29) is 25.3 Å². The van der Waals surface area contributed by atoms with Gasteiger partial charge in [-0.1, -0.05) is 5.21 Å². The highest BCUT2D eigenvalue weighted by Gasteiger charge is 2.29. The standard InChI is InChI=1S/C25H33FN6O8/c1-31(25(40)28-19(23(36)37)11-12-21(33)34)20(24(38)39)6-2-3-14-27-22(35)16-7-9-18(10-8-16)32-15-17(29-30-32)5-4-13-26/h7-10,15,19-20H,2-6,11-14H2,1H3,(H,27,35)(H,28,40)(H,33,34)(H,36,37)(H,38,39)/t19-,20?/m0/s1. The van der Waals surface area contributed by atoms with Gasteiger partial charge in [0, 0.05) is 25.6 Å². The Labute approximate surface area is 229 Å². The zero-order valence-electron chi connectivity index (χ0n) is 22.0. The van der Waals surface area contributed by atoms with E-state index in [1.165, 1.54) is 11.7 Å². The maximum atomic E-state index is 12.4. The number of carboxylic acid groups (broad SMARTS) is 3. The third kappa shape index (κ3) is 9.96. The molecule has 1 aromatic carbocycles. The predicted octanol–water partition coefficient (Wildman–Crippen LogP) is 1.48. The van der Waals surface area contributed by atoms with Crippen molar-refractivity contribution in [3.8, 4) is 5.69 Å². The lowest BCUT2D eigenvalue weighted by atomic mass is 10.1. The van der Waals surface area contributed by atoms with Crippen LogP contribution >= 0.6 is 0 Å². The Bertz CT molecular complexity index is 1170. The van der Waals surface area contributed by atoms with Crippen molar-refractivity contribution in [1.82, 2.24) is 30.5 Å². The minimum atomic E-state index is -1.48. The number of urea groups is 1. The summed E-state index contributed by atoms with van der Waals surface area (Å²) in [5, 5.41) is 40.3. The molecule has 40 heavy (non-hydrogen) atoms. The molecule has 1 unspecified atom stereocenters. The molecule has 0 saturated carbocycles. The number of unbranched alkanes of at least 4 members (excludes halogenated alkanes) is 1. The SMILES string of the molecule is CN(C(=O)N[C@@H](CCC(=O)O)C(=O)O)C(CCCCNC(=O)c1ccc(-n2cc(CCCF)nn2)cc1)C(=O)O. The Morgan fingerprint density at radius 1 is 1.00 bits per heavy atom. The Hall–Kier alpha value is -4.56. The van der Waals surface area contributed by atoms with Crippen LogP contribution in [-0.4, -0.2) is 97.4 Å². The number of alkyl halides is 1. The summed E-state index contributed by atoms with van der Waals surface area (Å²) in [5.41, 5.74) is 1.74. The lowest BCUT2D eigenvalue weighted by Gasteiger charge is -2.26.